The summed E-state index contributed by atoms with van der Waals surface area (Å²) in [7, 11) is 0. The van der Waals surface area contributed by atoms with E-state index in [1.54, 1.807) is 4.90 Å². The molecule has 0 heterocycles. The standard InChI is InChI=1S/C25H33ClN2O2/c1-5-19(4)27-25(30)23(6-2)28(17-21-13-8-7-11-18(21)3)24(29)16-15-20-12-9-10-14-22(20)26/h7-14,19,23H,5-6,15-17H2,1-4H3,(H,27,30). The van der Waals surface area contributed by atoms with E-state index >= 15 is 0 Å². The number of hydrogen-bond donors (Lipinski definition) is 1. The number of aryl methyl sites for hydroxylation is 2. The van der Waals surface area contributed by atoms with E-state index in [4.69, 9.17) is 11.6 Å². The number of benzene rings is 2. The highest BCUT2D eigenvalue weighted by atomic mass is 35.5. The molecule has 0 fully saturated rings. The van der Waals surface area contributed by atoms with Crippen LogP contribution >= 0.6 is 11.6 Å². The molecule has 2 amide bonds. The average molecular weight is 429 g/mol. The van der Waals surface area contributed by atoms with Crippen molar-refractivity contribution in [2.75, 3.05) is 0 Å². The number of carbonyl (C=O) groups excluding carboxylic acids is 2. The summed E-state index contributed by atoms with van der Waals surface area (Å²) < 4.78 is 0. The summed E-state index contributed by atoms with van der Waals surface area (Å²) in [4.78, 5) is 28.0. The van der Waals surface area contributed by atoms with Gasteiger partial charge in [-0.15, -0.1) is 0 Å². The lowest BCUT2D eigenvalue weighted by Crippen LogP contribution is -2.50. The van der Waals surface area contributed by atoms with E-state index in [9.17, 15) is 9.59 Å². The quantitative estimate of drug-likeness (QED) is 0.558. The Labute approximate surface area is 185 Å². The Kier molecular flexibility index (Phi) is 9.38. The van der Waals surface area contributed by atoms with Gasteiger partial charge in [-0.25, -0.2) is 0 Å². The Morgan fingerprint density at radius 3 is 2.23 bits per heavy atom. The van der Waals surface area contributed by atoms with Crippen molar-refractivity contribution in [2.24, 2.45) is 0 Å². The SMILES string of the molecule is CCC(C)NC(=O)C(CC)N(Cc1ccccc1C)C(=O)CCc1ccccc1Cl. The lowest BCUT2D eigenvalue weighted by molar-refractivity contribution is -0.141. The molecule has 4 nitrogen and oxygen atoms in total. The molecule has 0 saturated heterocycles. The lowest BCUT2D eigenvalue weighted by atomic mass is 10.0. The zero-order valence-electron chi connectivity index (χ0n) is 18.5. The van der Waals surface area contributed by atoms with Gasteiger partial charge >= 0.3 is 0 Å². The maximum absolute atomic E-state index is 13.3. The van der Waals surface area contributed by atoms with Gasteiger partial charge in [-0.05, 0) is 55.9 Å². The summed E-state index contributed by atoms with van der Waals surface area (Å²) in [6, 6.07) is 15.1. The topological polar surface area (TPSA) is 49.4 Å². The van der Waals surface area contributed by atoms with Crippen LogP contribution in [0.3, 0.4) is 0 Å². The van der Waals surface area contributed by atoms with E-state index in [0.29, 0.717) is 30.8 Å². The molecule has 0 bridgehead atoms. The highest BCUT2D eigenvalue weighted by molar-refractivity contribution is 6.31. The molecule has 0 spiro atoms. The first-order chi connectivity index (χ1) is 14.4. The van der Waals surface area contributed by atoms with Crippen LogP contribution in [-0.2, 0) is 22.6 Å². The van der Waals surface area contributed by atoms with E-state index in [0.717, 1.165) is 23.1 Å². The molecule has 162 valence electrons. The predicted octanol–water partition coefficient (Wildman–Crippen LogP) is 5.30. The normalized spacial score (nSPS) is 12.8. The molecule has 2 atom stereocenters. The van der Waals surface area contributed by atoms with Crippen molar-refractivity contribution in [3.05, 3.63) is 70.2 Å². The van der Waals surface area contributed by atoms with Gasteiger partial charge in [-0.1, -0.05) is 67.9 Å². The van der Waals surface area contributed by atoms with Crippen molar-refractivity contribution in [3.8, 4) is 0 Å². The van der Waals surface area contributed by atoms with Gasteiger partial charge in [-0.2, -0.15) is 0 Å². The highest BCUT2D eigenvalue weighted by Gasteiger charge is 2.29. The maximum Gasteiger partial charge on any atom is 0.243 e. The van der Waals surface area contributed by atoms with E-state index in [1.165, 1.54) is 0 Å². The Balaban J connectivity index is 2.24. The molecule has 2 aromatic rings. The zero-order chi connectivity index (χ0) is 22.1. The monoisotopic (exact) mass is 428 g/mol. The number of amides is 2. The number of nitrogens with zero attached hydrogens (tertiary/aromatic N) is 1. The molecule has 0 saturated carbocycles. The molecule has 0 aliphatic heterocycles. The van der Waals surface area contributed by atoms with Gasteiger partial charge in [-0.3, -0.25) is 9.59 Å². The maximum atomic E-state index is 13.3. The Morgan fingerprint density at radius 2 is 1.63 bits per heavy atom. The fourth-order valence-electron chi connectivity index (χ4n) is 3.42. The number of halogens is 1. The zero-order valence-corrected chi connectivity index (χ0v) is 19.2. The molecular formula is C25H33ClN2O2. The van der Waals surface area contributed by atoms with Crippen LogP contribution in [0.25, 0.3) is 0 Å². The molecule has 2 aromatic carbocycles. The van der Waals surface area contributed by atoms with Crippen molar-refractivity contribution in [1.29, 1.82) is 0 Å². The fourth-order valence-corrected chi connectivity index (χ4v) is 3.65. The van der Waals surface area contributed by atoms with Crippen molar-refractivity contribution < 1.29 is 9.59 Å². The molecule has 0 aliphatic carbocycles. The minimum absolute atomic E-state index is 0.0377. The second-order valence-electron chi connectivity index (χ2n) is 7.78. The number of hydrogen-bond acceptors (Lipinski definition) is 2. The first-order valence-electron chi connectivity index (χ1n) is 10.7. The lowest BCUT2D eigenvalue weighted by Gasteiger charge is -2.32. The number of carbonyl (C=O) groups is 2. The van der Waals surface area contributed by atoms with Crippen molar-refractivity contribution in [1.82, 2.24) is 10.2 Å². The van der Waals surface area contributed by atoms with Crippen molar-refractivity contribution in [3.63, 3.8) is 0 Å². The summed E-state index contributed by atoms with van der Waals surface area (Å²) >= 11 is 6.26. The van der Waals surface area contributed by atoms with E-state index in [-0.39, 0.29) is 17.9 Å². The highest BCUT2D eigenvalue weighted by Crippen LogP contribution is 2.20. The Hall–Kier alpha value is -2.33. The number of nitrogens with one attached hydrogen (secondary N) is 1. The van der Waals surface area contributed by atoms with E-state index in [2.05, 4.69) is 5.32 Å². The van der Waals surface area contributed by atoms with Gasteiger partial charge in [0.1, 0.15) is 6.04 Å². The molecule has 2 unspecified atom stereocenters. The third kappa shape index (κ3) is 6.60. The molecule has 5 heteroatoms. The minimum Gasteiger partial charge on any atom is -0.352 e. The van der Waals surface area contributed by atoms with Crippen LogP contribution in [0, 0.1) is 6.92 Å². The molecular weight excluding hydrogens is 396 g/mol. The first kappa shape index (κ1) is 23.9. The van der Waals surface area contributed by atoms with Gasteiger partial charge in [0.15, 0.2) is 0 Å². The Bertz CT molecular complexity index is 853. The van der Waals surface area contributed by atoms with Crippen LogP contribution in [0.4, 0.5) is 0 Å². The van der Waals surface area contributed by atoms with Crippen LogP contribution in [0.15, 0.2) is 48.5 Å². The van der Waals surface area contributed by atoms with Gasteiger partial charge < -0.3 is 10.2 Å². The molecule has 1 N–H and O–H groups in total. The molecule has 2 rings (SSSR count). The third-order valence-corrected chi connectivity index (χ3v) is 5.92. The predicted molar refractivity (Wildman–Crippen MR) is 123 cm³/mol. The third-order valence-electron chi connectivity index (χ3n) is 5.55. The van der Waals surface area contributed by atoms with E-state index < -0.39 is 6.04 Å². The molecule has 0 aliphatic rings. The van der Waals surface area contributed by atoms with Crippen LogP contribution in [0.1, 0.15) is 56.7 Å². The van der Waals surface area contributed by atoms with Gasteiger partial charge in [0, 0.05) is 24.0 Å². The number of rotatable bonds is 10. The van der Waals surface area contributed by atoms with Crippen LogP contribution in [-0.4, -0.2) is 28.8 Å². The van der Waals surface area contributed by atoms with Crippen LogP contribution in [0.2, 0.25) is 5.02 Å². The smallest absolute Gasteiger partial charge is 0.243 e. The first-order valence-corrected chi connectivity index (χ1v) is 11.1. The van der Waals surface area contributed by atoms with Gasteiger partial charge in [0.2, 0.25) is 11.8 Å². The minimum atomic E-state index is -0.502. The van der Waals surface area contributed by atoms with Gasteiger partial charge in [0.25, 0.3) is 0 Å². The molecule has 0 radical (unpaired) electrons. The average Bonchev–Trinajstić information content (AvgIpc) is 2.74. The van der Waals surface area contributed by atoms with Crippen LogP contribution in [0.5, 0.6) is 0 Å². The Morgan fingerprint density at radius 1 is 1.00 bits per heavy atom. The van der Waals surface area contributed by atoms with Crippen molar-refractivity contribution >= 4 is 23.4 Å². The van der Waals surface area contributed by atoms with Crippen LogP contribution < -0.4 is 5.32 Å². The second kappa shape index (κ2) is 11.8. The summed E-state index contributed by atoms with van der Waals surface area (Å²) in [6.07, 6.45) is 2.27. The van der Waals surface area contributed by atoms with E-state index in [1.807, 2.05) is 76.2 Å². The van der Waals surface area contributed by atoms with Gasteiger partial charge in [0.05, 0.1) is 0 Å². The largest absolute Gasteiger partial charge is 0.352 e. The summed E-state index contributed by atoms with van der Waals surface area (Å²) in [5, 5.41) is 3.71. The fraction of sp³-hybridized carbons (Fsp3) is 0.440. The molecule has 0 aromatic heterocycles. The summed E-state index contributed by atoms with van der Waals surface area (Å²) in [5.74, 6) is -0.129. The van der Waals surface area contributed by atoms with Crippen molar-refractivity contribution in [2.45, 2.75) is 72.0 Å². The summed E-state index contributed by atoms with van der Waals surface area (Å²) in [6.45, 7) is 8.41. The molecule has 30 heavy (non-hydrogen) atoms. The summed E-state index contributed by atoms with van der Waals surface area (Å²) in [5.41, 5.74) is 3.11. The second-order valence-corrected chi connectivity index (χ2v) is 8.19.